The van der Waals surface area contributed by atoms with Crippen LogP contribution in [0.3, 0.4) is 0 Å². The van der Waals surface area contributed by atoms with Crippen molar-refractivity contribution in [3.05, 3.63) is 46.8 Å². The molecule has 0 saturated heterocycles. The van der Waals surface area contributed by atoms with E-state index in [1.807, 2.05) is 23.7 Å². The van der Waals surface area contributed by atoms with Gasteiger partial charge in [-0.25, -0.2) is 4.68 Å². The molecule has 0 N–H and O–H groups in total. The summed E-state index contributed by atoms with van der Waals surface area (Å²) in [7, 11) is 0. The third-order valence-electron chi connectivity index (χ3n) is 3.05. The fourth-order valence-electron chi connectivity index (χ4n) is 2.10. The highest BCUT2D eigenvalue weighted by molar-refractivity contribution is 5.75. The molecular formula is C13H12N2O2. The first-order valence-electron chi connectivity index (χ1n) is 5.50. The van der Waals surface area contributed by atoms with E-state index in [1.54, 1.807) is 12.1 Å². The van der Waals surface area contributed by atoms with Gasteiger partial charge in [0.25, 0.3) is 0 Å². The highest BCUT2D eigenvalue weighted by Gasteiger charge is 2.21. The Bertz CT molecular complexity index is 570. The summed E-state index contributed by atoms with van der Waals surface area (Å²) in [6.45, 7) is 3.24. The monoisotopic (exact) mass is 228 g/mol. The number of hydrogen-bond donors (Lipinski definition) is 0. The lowest BCUT2D eigenvalue weighted by atomic mass is 10.2. The van der Waals surface area contributed by atoms with Gasteiger partial charge in [0, 0.05) is 11.1 Å². The molecule has 4 nitrogen and oxygen atoms in total. The fourth-order valence-corrected chi connectivity index (χ4v) is 2.10. The summed E-state index contributed by atoms with van der Waals surface area (Å²) in [6.07, 6.45) is 0.839. The van der Waals surface area contributed by atoms with Crippen LogP contribution in [-0.4, -0.2) is 16.1 Å². The molecule has 1 aromatic heterocycles. The molecule has 17 heavy (non-hydrogen) atoms. The number of aromatic nitrogens is 2. The molecule has 2 heterocycles. The molecule has 1 aliphatic heterocycles. The molecule has 0 atom stereocenters. The minimum absolute atomic E-state index is 0.603. The van der Waals surface area contributed by atoms with Gasteiger partial charge in [0.05, 0.1) is 30.3 Å². The third-order valence-corrected chi connectivity index (χ3v) is 3.05. The molecular weight excluding hydrogens is 216 g/mol. The van der Waals surface area contributed by atoms with E-state index in [0.717, 1.165) is 23.4 Å². The first kappa shape index (κ1) is 10.2. The molecule has 3 rings (SSSR count). The van der Waals surface area contributed by atoms with Crippen LogP contribution >= 0.6 is 0 Å². The number of nitrogens with zero attached hydrogens (tertiary/aromatic N) is 2. The molecule has 0 saturated carbocycles. The zero-order valence-electron chi connectivity index (χ0n) is 9.51. The standard InChI is InChI=1S/C13H12N2O2/c1-9-12-7-17-8-13(12)15(14-9)11-4-2-10(6-16)3-5-11/h2-6H,7-8H2,1H3. The predicted molar refractivity (Wildman–Crippen MR) is 62.2 cm³/mol. The molecule has 4 heteroatoms. The maximum atomic E-state index is 10.6. The molecule has 86 valence electrons. The van der Waals surface area contributed by atoms with Crippen molar-refractivity contribution in [1.29, 1.82) is 0 Å². The van der Waals surface area contributed by atoms with Gasteiger partial charge in [-0.1, -0.05) is 0 Å². The van der Waals surface area contributed by atoms with Crippen LogP contribution in [0, 0.1) is 6.92 Å². The molecule has 1 aliphatic rings. The van der Waals surface area contributed by atoms with Gasteiger partial charge in [-0.2, -0.15) is 5.10 Å². The number of hydrogen-bond acceptors (Lipinski definition) is 3. The molecule has 0 spiro atoms. The SMILES string of the molecule is Cc1nn(-c2ccc(C=O)cc2)c2c1COC2. The largest absolute Gasteiger partial charge is 0.370 e. The Labute approximate surface area is 98.8 Å². The van der Waals surface area contributed by atoms with Crippen LogP contribution in [-0.2, 0) is 18.0 Å². The smallest absolute Gasteiger partial charge is 0.150 e. The van der Waals surface area contributed by atoms with Gasteiger partial charge < -0.3 is 4.74 Å². The number of benzene rings is 1. The lowest BCUT2D eigenvalue weighted by molar-refractivity contribution is 0.112. The Hall–Kier alpha value is -1.94. The van der Waals surface area contributed by atoms with Gasteiger partial charge >= 0.3 is 0 Å². The van der Waals surface area contributed by atoms with Crippen LogP contribution in [0.4, 0.5) is 0 Å². The number of carbonyl (C=O) groups excluding carboxylic acids is 1. The number of carbonyl (C=O) groups is 1. The van der Waals surface area contributed by atoms with Gasteiger partial charge in [-0.15, -0.1) is 0 Å². The van der Waals surface area contributed by atoms with Crippen LogP contribution in [0.25, 0.3) is 5.69 Å². The third kappa shape index (κ3) is 1.57. The van der Waals surface area contributed by atoms with Crippen LogP contribution in [0.15, 0.2) is 24.3 Å². The van der Waals surface area contributed by atoms with E-state index in [1.165, 1.54) is 5.56 Å². The van der Waals surface area contributed by atoms with Gasteiger partial charge in [-0.3, -0.25) is 4.79 Å². The van der Waals surface area contributed by atoms with Crippen LogP contribution < -0.4 is 0 Å². The van der Waals surface area contributed by atoms with Crippen molar-refractivity contribution in [3.8, 4) is 5.69 Å². The molecule has 0 radical (unpaired) electrons. The second kappa shape index (κ2) is 3.82. The number of aldehydes is 1. The lowest BCUT2D eigenvalue weighted by Crippen LogP contribution is -2.01. The summed E-state index contributed by atoms with van der Waals surface area (Å²) in [6, 6.07) is 7.38. The number of fused-ring (bicyclic) bond motifs is 1. The lowest BCUT2D eigenvalue weighted by Gasteiger charge is -2.05. The summed E-state index contributed by atoms with van der Waals surface area (Å²) in [5, 5.41) is 4.51. The first-order chi connectivity index (χ1) is 8.29. The van der Waals surface area contributed by atoms with E-state index in [9.17, 15) is 4.79 Å². The van der Waals surface area contributed by atoms with Crippen molar-refractivity contribution in [2.75, 3.05) is 0 Å². The Kier molecular flexibility index (Phi) is 2.30. The van der Waals surface area contributed by atoms with E-state index in [4.69, 9.17) is 4.74 Å². The molecule has 0 aliphatic carbocycles. The summed E-state index contributed by atoms with van der Waals surface area (Å²) >= 11 is 0. The van der Waals surface area contributed by atoms with Gasteiger partial charge in [0.1, 0.15) is 6.29 Å². The van der Waals surface area contributed by atoms with Gasteiger partial charge in [0.15, 0.2) is 0 Å². The first-order valence-corrected chi connectivity index (χ1v) is 5.50. The predicted octanol–water partition coefficient (Wildman–Crippen LogP) is 2.02. The molecule has 0 fully saturated rings. The summed E-state index contributed by atoms with van der Waals surface area (Å²) < 4.78 is 7.32. The Balaban J connectivity index is 2.09. The summed E-state index contributed by atoms with van der Waals surface area (Å²) in [4.78, 5) is 10.6. The molecule has 0 unspecified atom stereocenters. The normalized spacial score (nSPS) is 13.7. The van der Waals surface area contributed by atoms with Gasteiger partial charge in [-0.05, 0) is 31.2 Å². The van der Waals surface area contributed by atoms with Crippen molar-refractivity contribution in [1.82, 2.24) is 9.78 Å². The molecule has 2 aromatic rings. The average molecular weight is 228 g/mol. The quantitative estimate of drug-likeness (QED) is 0.739. The topological polar surface area (TPSA) is 44.1 Å². The Morgan fingerprint density at radius 3 is 2.76 bits per heavy atom. The van der Waals surface area contributed by atoms with E-state index < -0.39 is 0 Å². The number of aryl methyl sites for hydroxylation is 1. The molecule has 0 bridgehead atoms. The van der Waals surface area contributed by atoms with E-state index in [-0.39, 0.29) is 0 Å². The average Bonchev–Trinajstić information content (AvgIpc) is 2.94. The second-order valence-electron chi connectivity index (χ2n) is 4.12. The van der Waals surface area contributed by atoms with Gasteiger partial charge in [0.2, 0.25) is 0 Å². The van der Waals surface area contributed by atoms with Crippen molar-refractivity contribution in [2.45, 2.75) is 20.1 Å². The number of rotatable bonds is 2. The Morgan fingerprint density at radius 1 is 1.29 bits per heavy atom. The molecule has 1 aromatic carbocycles. The highest BCUT2D eigenvalue weighted by Crippen LogP contribution is 2.25. The van der Waals surface area contributed by atoms with E-state index in [0.29, 0.717) is 18.8 Å². The van der Waals surface area contributed by atoms with Crippen molar-refractivity contribution < 1.29 is 9.53 Å². The van der Waals surface area contributed by atoms with Crippen molar-refractivity contribution in [2.24, 2.45) is 0 Å². The maximum Gasteiger partial charge on any atom is 0.150 e. The minimum atomic E-state index is 0.603. The van der Waals surface area contributed by atoms with E-state index >= 15 is 0 Å². The molecule has 0 amide bonds. The summed E-state index contributed by atoms with van der Waals surface area (Å²) in [5.74, 6) is 0. The van der Waals surface area contributed by atoms with Crippen LogP contribution in [0.2, 0.25) is 0 Å². The maximum absolute atomic E-state index is 10.6. The number of ether oxygens (including phenoxy) is 1. The van der Waals surface area contributed by atoms with E-state index in [2.05, 4.69) is 5.10 Å². The zero-order chi connectivity index (χ0) is 11.8. The fraction of sp³-hybridized carbons (Fsp3) is 0.231. The summed E-state index contributed by atoms with van der Waals surface area (Å²) in [5.41, 5.74) is 4.94. The highest BCUT2D eigenvalue weighted by atomic mass is 16.5. The van der Waals surface area contributed by atoms with Crippen molar-refractivity contribution >= 4 is 6.29 Å². The zero-order valence-corrected chi connectivity index (χ0v) is 9.51. The Morgan fingerprint density at radius 2 is 2.06 bits per heavy atom. The minimum Gasteiger partial charge on any atom is -0.370 e. The second-order valence-corrected chi connectivity index (χ2v) is 4.12. The van der Waals surface area contributed by atoms with Crippen LogP contribution in [0.1, 0.15) is 27.3 Å². The van der Waals surface area contributed by atoms with Crippen molar-refractivity contribution in [3.63, 3.8) is 0 Å². The van der Waals surface area contributed by atoms with Crippen LogP contribution in [0.5, 0.6) is 0 Å².